The highest BCUT2D eigenvalue weighted by Crippen LogP contribution is 2.21. The second kappa shape index (κ2) is 6.53. The Balaban J connectivity index is 2.95. The average Bonchev–Trinajstić information content (AvgIpc) is 2.27. The summed E-state index contributed by atoms with van der Waals surface area (Å²) in [6.45, 7) is 3.94. The normalized spacial score (nSPS) is 23.6. The first-order valence-corrected chi connectivity index (χ1v) is 8.43. The summed E-state index contributed by atoms with van der Waals surface area (Å²) >= 11 is 0. The minimum absolute atomic E-state index is 0.0245. The molecule has 7 nitrogen and oxygen atoms in total. The lowest BCUT2D eigenvalue weighted by molar-refractivity contribution is -0.142. The van der Waals surface area contributed by atoms with Gasteiger partial charge in [0.15, 0.2) is 9.84 Å². The molecule has 0 radical (unpaired) electrons. The van der Waals surface area contributed by atoms with Crippen LogP contribution in [0, 0.1) is 11.8 Å². The third-order valence-electron chi connectivity index (χ3n) is 3.60. The van der Waals surface area contributed by atoms with Gasteiger partial charge in [0.05, 0.1) is 29.9 Å². The van der Waals surface area contributed by atoms with E-state index < -0.39 is 27.8 Å². The van der Waals surface area contributed by atoms with E-state index in [0.29, 0.717) is 0 Å². The number of amides is 1. The van der Waals surface area contributed by atoms with Crippen molar-refractivity contribution >= 4 is 21.7 Å². The van der Waals surface area contributed by atoms with E-state index >= 15 is 0 Å². The van der Waals surface area contributed by atoms with Gasteiger partial charge < -0.3 is 15.7 Å². The molecule has 0 aliphatic carbocycles. The number of rotatable bonds is 5. The molecular formula is C12H22N2O5S. The van der Waals surface area contributed by atoms with Gasteiger partial charge in [-0.05, 0) is 5.92 Å². The molecule has 1 amide bonds. The van der Waals surface area contributed by atoms with E-state index in [1.165, 1.54) is 4.90 Å². The van der Waals surface area contributed by atoms with Crippen molar-refractivity contribution in [1.29, 1.82) is 0 Å². The number of carbonyl (C=O) groups excluding carboxylic acids is 1. The van der Waals surface area contributed by atoms with Crippen molar-refractivity contribution < 1.29 is 23.1 Å². The van der Waals surface area contributed by atoms with Crippen LogP contribution in [0.4, 0.5) is 0 Å². The summed E-state index contributed by atoms with van der Waals surface area (Å²) in [5.41, 5.74) is 5.60. The van der Waals surface area contributed by atoms with Crippen LogP contribution >= 0.6 is 0 Å². The molecule has 20 heavy (non-hydrogen) atoms. The van der Waals surface area contributed by atoms with Gasteiger partial charge in [-0.15, -0.1) is 0 Å². The Hall–Kier alpha value is -1.15. The largest absolute Gasteiger partial charge is 0.481 e. The fraction of sp³-hybridized carbons (Fsp3) is 0.833. The van der Waals surface area contributed by atoms with E-state index in [2.05, 4.69) is 0 Å². The lowest BCUT2D eigenvalue weighted by atomic mass is 9.93. The lowest BCUT2D eigenvalue weighted by Crippen LogP contribution is -2.55. The summed E-state index contributed by atoms with van der Waals surface area (Å²) in [6, 6.07) is -0.799. The number of nitrogens with zero attached hydrogens (tertiary/aromatic N) is 1. The third kappa shape index (κ3) is 4.17. The Kier molecular flexibility index (Phi) is 5.52. The van der Waals surface area contributed by atoms with Crippen molar-refractivity contribution in [3.63, 3.8) is 0 Å². The molecule has 1 rings (SSSR count). The number of sulfone groups is 1. The fourth-order valence-corrected chi connectivity index (χ4v) is 3.94. The highest BCUT2D eigenvalue weighted by molar-refractivity contribution is 7.91. The van der Waals surface area contributed by atoms with Gasteiger partial charge in [0.1, 0.15) is 0 Å². The van der Waals surface area contributed by atoms with Gasteiger partial charge in [0.25, 0.3) is 0 Å². The standard InChI is InChI=1S/C12H22N2O5S/c1-8(2)10(6-13)12(17)14-3-4-20(18,19)7-9(14)5-11(15)16/h8-10H,3-7,13H2,1-2H3,(H,15,16). The van der Waals surface area contributed by atoms with E-state index in [-0.39, 0.29) is 42.8 Å². The van der Waals surface area contributed by atoms with E-state index in [1.807, 2.05) is 13.8 Å². The van der Waals surface area contributed by atoms with E-state index in [4.69, 9.17) is 10.8 Å². The van der Waals surface area contributed by atoms with Crippen molar-refractivity contribution in [2.75, 3.05) is 24.6 Å². The topological polar surface area (TPSA) is 118 Å². The highest BCUT2D eigenvalue weighted by Gasteiger charge is 2.38. The highest BCUT2D eigenvalue weighted by atomic mass is 32.2. The minimum Gasteiger partial charge on any atom is -0.481 e. The van der Waals surface area contributed by atoms with Crippen LogP contribution in [0.25, 0.3) is 0 Å². The zero-order valence-corrected chi connectivity index (χ0v) is 12.6. The smallest absolute Gasteiger partial charge is 0.305 e. The molecule has 1 fully saturated rings. The summed E-state index contributed by atoms with van der Waals surface area (Å²) < 4.78 is 23.3. The van der Waals surface area contributed by atoms with Gasteiger partial charge >= 0.3 is 5.97 Å². The van der Waals surface area contributed by atoms with Crippen LogP contribution in [0.5, 0.6) is 0 Å². The van der Waals surface area contributed by atoms with Crippen LogP contribution < -0.4 is 5.73 Å². The van der Waals surface area contributed by atoms with E-state index in [9.17, 15) is 18.0 Å². The van der Waals surface area contributed by atoms with Crippen molar-refractivity contribution in [1.82, 2.24) is 4.90 Å². The Bertz CT molecular complexity index is 474. The fourth-order valence-electron chi connectivity index (χ4n) is 2.42. The lowest BCUT2D eigenvalue weighted by Gasteiger charge is -2.37. The number of aliphatic carboxylic acids is 1. The maximum absolute atomic E-state index is 12.4. The first kappa shape index (κ1) is 16.9. The number of carbonyl (C=O) groups is 2. The molecule has 2 unspecified atom stereocenters. The zero-order chi connectivity index (χ0) is 15.5. The minimum atomic E-state index is -3.29. The van der Waals surface area contributed by atoms with Gasteiger partial charge in [0.2, 0.25) is 5.91 Å². The summed E-state index contributed by atoms with van der Waals surface area (Å²) in [6.07, 6.45) is -0.361. The van der Waals surface area contributed by atoms with E-state index in [1.54, 1.807) is 0 Å². The van der Waals surface area contributed by atoms with Gasteiger partial charge in [-0.25, -0.2) is 8.42 Å². The number of hydrogen-bond donors (Lipinski definition) is 2. The summed E-state index contributed by atoms with van der Waals surface area (Å²) in [5, 5.41) is 8.88. The average molecular weight is 306 g/mol. The molecular weight excluding hydrogens is 284 g/mol. The van der Waals surface area contributed by atoms with Gasteiger partial charge in [-0.2, -0.15) is 0 Å². The second-order valence-electron chi connectivity index (χ2n) is 5.48. The molecule has 8 heteroatoms. The maximum atomic E-state index is 12.4. The monoisotopic (exact) mass is 306 g/mol. The van der Waals surface area contributed by atoms with Gasteiger partial charge in [-0.1, -0.05) is 13.8 Å². The molecule has 1 heterocycles. The molecule has 0 spiro atoms. The molecule has 2 atom stereocenters. The third-order valence-corrected chi connectivity index (χ3v) is 5.30. The molecule has 116 valence electrons. The van der Waals surface area contributed by atoms with Crippen molar-refractivity contribution in [3.05, 3.63) is 0 Å². The first-order valence-electron chi connectivity index (χ1n) is 6.60. The number of carboxylic acid groups (broad SMARTS) is 1. The molecule has 1 aliphatic heterocycles. The number of carboxylic acids is 1. The van der Waals surface area contributed by atoms with Crippen molar-refractivity contribution in [3.8, 4) is 0 Å². The molecule has 0 aromatic heterocycles. The molecule has 1 aliphatic rings. The van der Waals surface area contributed by atoms with Crippen LogP contribution in [-0.2, 0) is 19.4 Å². The molecule has 0 bridgehead atoms. The summed E-state index contributed by atoms with van der Waals surface area (Å²) in [5.74, 6) is -2.16. The quantitative estimate of drug-likeness (QED) is 0.694. The summed E-state index contributed by atoms with van der Waals surface area (Å²) in [4.78, 5) is 24.7. The predicted molar refractivity (Wildman–Crippen MR) is 73.8 cm³/mol. The molecule has 0 aromatic carbocycles. The van der Waals surface area contributed by atoms with Crippen LogP contribution in [-0.4, -0.2) is 60.9 Å². The maximum Gasteiger partial charge on any atom is 0.305 e. The SMILES string of the molecule is CC(C)C(CN)C(=O)N1CCS(=O)(=O)CC1CC(=O)O. The van der Waals surface area contributed by atoms with Crippen LogP contribution in [0.1, 0.15) is 20.3 Å². The van der Waals surface area contributed by atoms with Gasteiger partial charge in [-0.3, -0.25) is 9.59 Å². The molecule has 0 saturated carbocycles. The number of nitrogens with two attached hydrogens (primary N) is 1. The first-order chi connectivity index (χ1) is 9.18. The Morgan fingerprint density at radius 3 is 2.45 bits per heavy atom. The Labute approximate surface area is 119 Å². The van der Waals surface area contributed by atoms with Gasteiger partial charge in [0, 0.05) is 13.1 Å². The zero-order valence-electron chi connectivity index (χ0n) is 11.8. The van der Waals surface area contributed by atoms with Crippen molar-refractivity contribution in [2.45, 2.75) is 26.3 Å². The number of hydrogen-bond acceptors (Lipinski definition) is 5. The predicted octanol–water partition coefficient (Wildman–Crippen LogP) is -0.682. The molecule has 0 aromatic rings. The molecule has 1 saturated heterocycles. The summed E-state index contributed by atoms with van der Waals surface area (Å²) in [7, 11) is -3.29. The molecule has 3 N–H and O–H groups in total. The van der Waals surface area contributed by atoms with Crippen LogP contribution in [0.2, 0.25) is 0 Å². The Morgan fingerprint density at radius 2 is 2.00 bits per heavy atom. The van der Waals surface area contributed by atoms with Crippen molar-refractivity contribution in [2.24, 2.45) is 17.6 Å². The van der Waals surface area contributed by atoms with Crippen LogP contribution in [0.15, 0.2) is 0 Å². The Morgan fingerprint density at radius 1 is 1.40 bits per heavy atom. The second-order valence-corrected chi connectivity index (χ2v) is 7.71. The van der Waals surface area contributed by atoms with Crippen LogP contribution in [0.3, 0.4) is 0 Å². The van der Waals surface area contributed by atoms with E-state index in [0.717, 1.165) is 0 Å².